The number of hydrogen-bond acceptors (Lipinski definition) is 17. The Bertz CT molecular complexity index is 2260. The van der Waals surface area contributed by atoms with Crippen LogP contribution in [-0.2, 0) is 57.1 Å². The average Bonchev–Trinajstić information content (AvgIpc) is 3.23. The minimum Gasteiger partial charge on any atom is -0.480 e. The number of carbonyl (C=O) groups excluding carboxylic acids is 6. The maximum absolute atomic E-state index is 15.1. The lowest BCUT2D eigenvalue weighted by molar-refractivity contribution is -0.346. The van der Waals surface area contributed by atoms with Crippen LogP contribution in [0.2, 0.25) is 0 Å². The predicted molar refractivity (Wildman–Crippen MR) is 226 cm³/mol. The van der Waals surface area contributed by atoms with Gasteiger partial charge in [0.2, 0.25) is 6.10 Å². The molecule has 358 valence electrons. The molecule has 1 amide bonds. The van der Waals surface area contributed by atoms with E-state index in [1.165, 1.54) is 52.0 Å². The summed E-state index contributed by atoms with van der Waals surface area (Å²) in [4.78, 5) is 95.0. The summed E-state index contributed by atoms with van der Waals surface area (Å²) < 4.78 is 40.4. The van der Waals surface area contributed by atoms with Crippen molar-refractivity contribution in [1.82, 2.24) is 5.32 Å². The number of esters is 4. The SMILES string of the molecule is CC(=O)O[C@@]12CO[C@@H]1C[C@H](O)[C@@]1(C)C(=O)[C@H](O)C3=C(C)[C@@H](OC(=O)[C@H](OC(=O)COCC(=O)O)[C@@H](NC(=O)OC(C)(C)C)c4ccccc4)C[C@@](O)([C@@H](OC(=O)c4ccccc4)[C@H]21)C3(C)C. The summed E-state index contributed by atoms with van der Waals surface area (Å²) in [6.07, 6.45) is -12.3. The molecule has 3 aliphatic carbocycles. The summed E-state index contributed by atoms with van der Waals surface area (Å²) in [6, 6.07) is 14.0. The number of aliphatic carboxylic acids is 1. The molecular formula is C47H57NO18. The first-order chi connectivity index (χ1) is 30.8. The van der Waals surface area contributed by atoms with Crippen molar-refractivity contribution in [3.8, 4) is 0 Å². The number of fused-ring (bicyclic) bond motifs is 5. The Morgan fingerprint density at radius 1 is 0.924 bits per heavy atom. The molecule has 11 atom stereocenters. The van der Waals surface area contributed by atoms with Gasteiger partial charge in [-0.1, -0.05) is 62.4 Å². The van der Waals surface area contributed by atoms with Crippen LogP contribution in [0.15, 0.2) is 71.8 Å². The number of nitrogens with one attached hydrogen (secondary N) is 1. The number of aliphatic hydroxyl groups is 3. The van der Waals surface area contributed by atoms with Crippen LogP contribution in [0.1, 0.15) is 90.2 Å². The molecule has 5 N–H and O–H groups in total. The highest BCUT2D eigenvalue weighted by molar-refractivity contribution is 5.94. The van der Waals surface area contributed by atoms with Gasteiger partial charge in [0.1, 0.15) is 54.9 Å². The van der Waals surface area contributed by atoms with E-state index in [-0.39, 0.29) is 35.3 Å². The molecule has 2 saturated carbocycles. The van der Waals surface area contributed by atoms with Crippen LogP contribution >= 0.6 is 0 Å². The Kier molecular flexibility index (Phi) is 13.9. The number of amides is 1. The molecule has 2 bridgehead atoms. The Balaban J connectivity index is 1.51. The first-order valence-corrected chi connectivity index (χ1v) is 21.4. The molecule has 1 heterocycles. The fraction of sp³-hybridized carbons (Fsp3) is 0.553. The number of ether oxygens (including phenoxy) is 7. The number of carbonyl (C=O) groups is 7. The van der Waals surface area contributed by atoms with Gasteiger partial charge < -0.3 is 58.9 Å². The molecule has 1 aliphatic heterocycles. The van der Waals surface area contributed by atoms with Gasteiger partial charge in [0.05, 0.1) is 29.6 Å². The second-order valence-electron chi connectivity index (χ2n) is 18.9. The van der Waals surface area contributed by atoms with Crippen molar-refractivity contribution in [2.45, 2.75) is 128 Å². The van der Waals surface area contributed by atoms with E-state index in [1.807, 2.05) is 0 Å². The maximum atomic E-state index is 15.1. The van der Waals surface area contributed by atoms with Crippen molar-refractivity contribution < 1.29 is 87.1 Å². The topological polar surface area (TPSA) is 277 Å². The minimum absolute atomic E-state index is 0.0282. The molecule has 6 rings (SSSR count). The van der Waals surface area contributed by atoms with E-state index in [1.54, 1.807) is 57.2 Å². The maximum Gasteiger partial charge on any atom is 0.408 e. The number of aliphatic hydroxyl groups excluding tert-OH is 2. The van der Waals surface area contributed by atoms with E-state index >= 15 is 4.79 Å². The molecule has 0 unspecified atom stereocenters. The van der Waals surface area contributed by atoms with Gasteiger partial charge in [-0.15, -0.1) is 0 Å². The largest absolute Gasteiger partial charge is 0.480 e. The highest BCUT2D eigenvalue weighted by Gasteiger charge is 2.78. The normalized spacial score (nSPS) is 30.9. The highest BCUT2D eigenvalue weighted by Crippen LogP contribution is 2.64. The Hall–Kier alpha value is -5.73. The fourth-order valence-corrected chi connectivity index (χ4v) is 10.1. The molecule has 19 nitrogen and oxygen atoms in total. The summed E-state index contributed by atoms with van der Waals surface area (Å²) >= 11 is 0. The lowest BCUT2D eigenvalue weighted by Crippen LogP contribution is -2.81. The van der Waals surface area contributed by atoms with Gasteiger partial charge >= 0.3 is 35.9 Å². The molecule has 2 aromatic rings. The average molecular weight is 924 g/mol. The molecular weight excluding hydrogens is 867 g/mol. The quantitative estimate of drug-likeness (QED) is 0.110. The minimum atomic E-state index is -2.47. The molecule has 4 aliphatic rings. The smallest absolute Gasteiger partial charge is 0.408 e. The van der Waals surface area contributed by atoms with Crippen LogP contribution in [0.25, 0.3) is 0 Å². The van der Waals surface area contributed by atoms with Crippen molar-refractivity contribution >= 4 is 41.7 Å². The highest BCUT2D eigenvalue weighted by atomic mass is 16.6. The fourth-order valence-electron chi connectivity index (χ4n) is 10.1. The van der Waals surface area contributed by atoms with Crippen molar-refractivity contribution in [2.24, 2.45) is 16.7 Å². The van der Waals surface area contributed by atoms with Crippen LogP contribution in [0, 0.1) is 16.7 Å². The van der Waals surface area contributed by atoms with Gasteiger partial charge in [-0.2, -0.15) is 0 Å². The summed E-state index contributed by atoms with van der Waals surface area (Å²) in [6.45, 7) is 9.49. The monoisotopic (exact) mass is 923 g/mol. The standard InChI is InChI=1S/C47H57NO18/c1-24-28(62-41(57)36(63-32(53)22-60-21-31(51)52)34(26-15-11-9-12-16-26)48-42(58)66-43(3,4)5)20-47(59)39(64-40(56)27-17-13-10-14-18-27)37-45(8,38(55)35(54)33(24)44(47,6)7)29(50)19-30-46(37,23-61-30)65-25(2)49/h9-18,28-30,34-37,39,50,54,59H,19-23H2,1-8H3,(H,48,58)(H,51,52)/t28-,29-,30+,34-,35+,36+,37-,39-,45+,46-,47+/m0/s1. The Labute approximate surface area is 380 Å². The van der Waals surface area contributed by atoms with E-state index < -0.39 is 138 Å². The third kappa shape index (κ3) is 9.18. The predicted octanol–water partition coefficient (Wildman–Crippen LogP) is 2.91. The van der Waals surface area contributed by atoms with E-state index in [9.17, 15) is 44.1 Å². The van der Waals surface area contributed by atoms with Crippen molar-refractivity contribution in [3.05, 3.63) is 82.9 Å². The molecule has 3 fully saturated rings. The number of carboxylic acid groups (broad SMARTS) is 1. The summed E-state index contributed by atoms with van der Waals surface area (Å²) in [5.41, 5.74) is -8.99. The zero-order chi connectivity index (χ0) is 48.7. The van der Waals surface area contributed by atoms with Crippen molar-refractivity contribution in [1.29, 1.82) is 0 Å². The molecule has 2 aromatic carbocycles. The zero-order valence-corrected chi connectivity index (χ0v) is 37.9. The Morgan fingerprint density at radius 2 is 1.55 bits per heavy atom. The van der Waals surface area contributed by atoms with Gasteiger partial charge in [0, 0.05) is 25.2 Å². The van der Waals surface area contributed by atoms with Crippen LogP contribution in [-0.4, -0.2) is 135 Å². The Morgan fingerprint density at radius 3 is 2.11 bits per heavy atom. The van der Waals surface area contributed by atoms with Gasteiger partial charge in [-0.05, 0) is 63.5 Å². The van der Waals surface area contributed by atoms with Crippen LogP contribution in [0.4, 0.5) is 4.79 Å². The van der Waals surface area contributed by atoms with Crippen LogP contribution in [0.5, 0.6) is 0 Å². The van der Waals surface area contributed by atoms with Gasteiger partial charge in [-0.3, -0.25) is 9.59 Å². The number of alkyl carbamates (subject to hydrolysis) is 1. The second kappa shape index (κ2) is 18.5. The number of rotatable bonds is 13. The summed E-state index contributed by atoms with van der Waals surface area (Å²) in [7, 11) is 0. The summed E-state index contributed by atoms with van der Waals surface area (Å²) in [5.74, 6) is -8.36. The lowest BCUT2D eigenvalue weighted by atomic mass is 9.44. The van der Waals surface area contributed by atoms with Gasteiger partial charge in [-0.25, -0.2) is 24.0 Å². The van der Waals surface area contributed by atoms with E-state index in [4.69, 9.17) is 38.3 Å². The van der Waals surface area contributed by atoms with E-state index in [2.05, 4.69) is 5.32 Å². The molecule has 0 radical (unpaired) electrons. The number of carboxylic acids is 1. The molecule has 19 heteroatoms. The third-order valence-corrected chi connectivity index (χ3v) is 13.2. The first-order valence-electron chi connectivity index (χ1n) is 21.4. The first kappa shape index (κ1) is 49.7. The molecule has 66 heavy (non-hydrogen) atoms. The molecule has 0 spiro atoms. The van der Waals surface area contributed by atoms with E-state index in [0.29, 0.717) is 0 Å². The van der Waals surface area contributed by atoms with Crippen molar-refractivity contribution in [2.75, 3.05) is 19.8 Å². The number of benzene rings is 2. The third-order valence-electron chi connectivity index (χ3n) is 13.2. The lowest BCUT2D eigenvalue weighted by Gasteiger charge is -2.67. The van der Waals surface area contributed by atoms with E-state index in [0.717, 1.165) is 6.92 Å². The number of Topliss-reactive ketones (excluding diaryl/α,β-unsaturated/α-hetero) is 1. The number of ketones is 1. The summed E-state index contributed by atoms with van der Waals surface area (Å²) in [5, 5.41) is 49.6. The number of hydrogen-bond donors (Lipinski definition) is 5. The van der Waals surface area contributed by atoms with Crippen LogP contribution in [0.3, 0.4) is 0 Å². The van der Waals surface area contributed by atoms with Crippen molar-refractivity contribution in [3.63, 3.8) is 0 Å². The zero-order valence-electron chi connectivity index (χ0n) is 37.9. The van der Waals surface area contributed by atoms with Gasteiger partial charge in [0.25, 0.3) is 0 Å². The van der Waals surface area contributed by atoms with Gasteiger partial charge in [0.15, 0.2) is 11.4 Å². The van der Waals surface area contributed by atoms with Crippen LogP contribution < -0.4 is 5.32 Å². The molecule has 0 aromatic heterocycles. The second-order valence-corrected chi connectivity index (χ2v) is 18.9. The molecule has 1 saturated heterocycles.